The van der Waals surface area contributed by atoms with Gasteiger partial charge in [0.2, 0.25) is 0 Å². The number of benzene rings is 1. The lowest BCUT2D eigenvalue weighted by atomic mass is 9.89. The molecule has 1 N–H and O–H groups in total. The van der Waals surface area contributed by atoms with E-state index >= 15 is 0 Å². The van der Waals surface area contributed by atoms with Gasteiger partial charge in [-0.2, -0.15) is 5.26 Å². The molecule has 1 rings (SSSR count). The van der Waals surface area contributed by atoms with Gasteiger partial charge >= 0.3 is 0 Å². The highest BCUT2D eigenvalue weighted by molar-refractivity contribution is 6.30. The number of hydrogen-bond acceptors (Lipinski definition) is 2. The average molecular weight is 251 g/mol. The molecule has 0 saturated heterocycles. The van der Waals surface area contributed by atoms with Crippen molar-refractivity contribution in [1.82, 2.24) is 0 Å². The molecule has 0 aliphatic carbocycles. The Balaban J connectivity index is 2.19. The van der Waals surface area contributed by atoms with Crippen LogP contribution in [-0.2, 0) is 0 Å². The highest BCUT2D eigenvalue weighted by Crippen LogP contribution is 2.21. The number of halogens is 1. The predicted octanol–water partition coefficient (Wildman–Crippen LogP) is 4.47. The van der Waals surface area contributed by atoms with Crippen molar-refractivity contribution in [3.05, 3.63) is 29.3 Å². The Morgan fingerprint density at radius 3 is 2.76 bits per heavy atom. The van der Waals surface area contributed by atoms with Crippen molar-refractivity contribution < 1.29 is 0 Å². The third-order valence-corrected chi connectivity index (χ3v) is 2.92. The van der Waals surface area contributed by atoms with E-state index in [-0.39, 0.29) is 5.41 Å². The summed E-state index contributed by atoms with van der Waals surface area (Å²) in [5.74, 6) is 0. The molecular formula is C14H19ClN2. The molecule has 0 amide bonds. The van der Waals surface area contributed by atoms with E-state index in [9.17, 15) is 0 Å². The summed E-state index contributed by atoms with van der Waals surface area (Å²) in [6.45, 7) is 4.89. The van der Waals surface area contributed by atoms with Gasteiger partial charge in [-0.3, -0.25) is 0 Å². The van der Waals surface area contributed by atoms with Gasteiger partial charge in [-0.05, 0) is 44.9 Å². The summed E-state index contributed by atoms with van der Waals surface area (Å²) in [6.07, 6.45) is 3.08. The van der Waals surface area contributed by atoms with Crippen molar-refractivity contribution in [2.45, 2.75) is 33.1 Å². The third-order valence-electron chi connectivity index (χ3n) is 2.68. The number of unbranched alkanes of at least 4 members (excludes halogenated alkanes) is 1. The van der Waals surface area contributed by atoms with Crippen molar-refractivity contribution in [1.29, 1.82) is 5.26 Å². The Hall–Kier alpha value is -1.20. The van der Waals surface area contributed by atoms with Crippen LogP contribution in [0.4, 0.5) is 5.69 Å². The third kappa shape index (κ3) is 5.60. The van der Waals surface area contributed by atoms with Crippen LogP contribution in [0.15, 0.2) is 24.3 Å². The molecule has 0 aliphatic heterocycles. The van der Waals surface area contributed by atoms with Crippen LogP contribution in [-0.4, -0.2) is 6.54 Å². The van der Waals surface area contributed by atoms with Crippen LogP contribution in [0, 0.1) is 16.7 Å². The number of nitrogens with zero attached hydrogens (tertiary/aromatic N) is 1. The summed E-state index contributed by atoms with van der Waals surface area (Å²) in [4.78, 5) is 0. The molecule has 0 heterocycles. The molecule has 1 aromatic carbocycles. The minimum absolute atomic E-state index is 0.198. The maximum atomic E-state index is 8.88. The summed E-state index contributed by atoms with van der Waals surface area (Å²) in [5, 5.41) is 13.0. The lowest BCUT2D eigenvalue weighted by molar-refractivity contribution is 0.430. The van der Waals surface area contributed by atoms with E-state index in [0.29, 0.717) is 0 Å². The van der Waals surface area contributed by atoms with Gasteiger partial charge in [0.05, 0.1) is 11.5 Å². The van der Waals surface area contributed by atoms with E-state index in [4.69, 9.17) is 16.9 Å². The standard InChI is InChI=1S/C14H19ClN2/c1-14(2,11-16)8-3-4-9-17-13-7-5-6-12(15)10-13/h5-7,10,17H,3-4,8-9H2,1-2H3. The largest absolute Gasteiger partial charge is 0.385 e. The fraction of sp³-hybridized carbons (Fsp3) is 0.500. The fourth-order valence-electron chi connectivity index (χ4n) is 1.58. The van der Waals surface area contributed by atoms with Crippen LogP contribution in [0.5, 0.6) is 0 Å². The summed E-state index contributed by atoms with van der Waals surface area (Å²) in [5.41, 5.74) is 0.854. The van der Waals surface area contributed by atoms with E-state index in [1.807, 2.05) is 38.1 Å². The predicted molar refractivity (Wildman–Crippen MR) is 73.2 cm³/mol. The fourth-order valence-corrected chi connectivity index (χ4v) is 1.77. The van der Waals surface area contributed by atoms with E-state index in [0.717, 1.165) is 36.5 Å². The molecule has 0 atom stereocenters. The van der Waals surface area contributed by atoms with E-state index < -0.39 is 0 Å². The topological polar surface area (TPSA) is 35.8 Å². The van der Waals surface area contributed by atoms with Gasteiger partial charge < -0.3 is 5.32 Å². The van der Waals surface area contributed by atoms with Gasteiger partial charge in [-0.25, -0.2) is 0 Å². The Kier molecular flexibility index (Phi) is 5.31. The van der Waals surface area contributed by atoms with Gasteiger partial charge in [0.25, 0.3) is 0 Å². The average Bonchev–Trinajstić information content (AvgIpc) is 2.29. The Morgan fingerprint density at radius 1 is 1.35 bits per heavy atom. The molecule has 0 radical (unpaired) electrons. The number of nitrogens with one attached hydrogen (secondary N) is 1. The van der Waals surface area contributed by atoms with Crippen molar-refractivity contribution in [3.8, 4) is 6.07 Å². The molecule has 92 valence electrons. The molecule has 17 heavy (non-hydrogen) atoms. The van der Waals surface area contributed by atoms with Gasteiger partial charge in [0.1, 0.15) is 0 Å². The zero-order valence-electron chi connectivity index (χ0n) is 10.5. The molecule has 0 spiro atoms. The van der Waals surface area contributed by atoms with Crippen molar-refractivity contribution in [2.24, 2.45) is 5.41 Å². The summed E-state index contributed by atoms with van der Waals surface area (Å²) in [7, 11) is 0. The van der Waals surface area contributed by atoms with Crippen LogP contribution in [0.1, 0.15) is 33.1 Å². The van der Waals surface area contributed by atoms with E-state index in [1.54, 1.807) is 0 Å². The first-order chi connectivity index (χ1) is 8.03. The lowest BCUT2D eigenvalue weighted by Gasteiger charge is -2.14. The Morgan fingerprint density at radius 2 is 2.12 bits per heavy atom. The first-order valence-electron chi connectivity index (χ1n) is 5.94. The van der Waals surface area contributed by atoms with Crippen LogP contribution in [0.3, 0.4) is 0 Å². The molecular weight excluding hydrogens is 232 g/mol. The van der Waals surface area contributed by atoms with Crippen LogP contribution >= 0.6 is 11.6 Å². The van der Waals surface area contributed by atoms with Crippen LogP contribution in [0.2, 0.25) is 5.02 Å². The van der Waals surface area contributed by atoms with Gasteiger partial charge in [-0.1, -0.05) is 24.1 Å². The molecule has 0 aliphatic rings. The molecule has 2 nitrogen and oxygen atoms in total. The van der Waals surface area contributed by atoms with Crippen molar-refractivity contribution in [2.75, 3.05) is 11.9 Å². The second-order valence-corrected chi connectivity index (χ2v) is 5.33. The maximum Gasteiger partial charge on any atom is 0.0683 e. The molecule has 3 heteroatoms. The zero-order chi connectivity index (χ0) is 12.7. The van der Waals surface area contributed by atoms with Gasteiger partial charge in [0.15, 0.2) is 0 Å². The molecule has 0 bridgehead atoms. The monoisotopic (exact) mass is 250 g/mol. The first kappa shape index (κ1) is 13.9. The van der Waals surface area contributed by atoms with E-state index in [2.05, 4.69) is 11.4 Å². The van der Waals surface area contributed by atoms with Crippen LogP contribution in [0.25, 0.3) is 0 Å². The first-order valence-corrected chi connectivity index (χ1v) is 6.32. The second-order valence-electron chi connectivity index (χ2n) is 4.89. The van der Waals surface area contributed by atoms with E-state index in [1.165, 1.54) is 0 Å². The van der Waals surface area contributed by atoms with Gasteiger partial charge in [0, 0.05) is 17.3 Å². The number of anilines is 1. The number of nitriles is 1. The summed E-state index contributed by atoms with van der Waals surface area (Å²) < 4.78 is 0. The highest BCUT2D eigenvalue weighted by Gasteiger charge is 2.15. The van der Waals surface area contributed by atoms with Crippen LogP contribution < -0.4 is 5.32 Å². The lowest BCUT2D eigenvalue weighted by Crippen LogP contribution is -2.09. The number of rotatable bonds is 6. The minimum Gasteiger partial charge on any atom is -0.385 e. The molecule has 0 unspecified atom stereocenters. The van der Waals surface area contributed by atoms with Gasteiger partial charge in [-0.15, -0.1) is 0 Å². The number of hydrogen-bond donors (Lipinski definition) is 1. The Labute approximate surface area is 109 Å². The molecule has 0 saturated carbocycles. The maximum absolute atomic E-state index is 8.88. The quantitative estimate of drug-likeness (QED) is 0.756. The summed E-state index contributed by atoms with van der Waals surface area (Å²) in [6, 6.07) is 10.0. The zero-order valence-corrected chi connectivity index (χ0v) is 11.2. The SMILES string of the molecule is CC(C)(C#N)CCCCNc1cccc(Cl)c1. The summed E-state index contributed by atoms with van der Waals surface area (Å²) >= 11 is 5.89. The molecule has 0 fully saturated rings. The van der Waals surface area contributed by atoms with Crippen molar-refractivity contribution in [3.63, 3.8) is 0 Å². The van der Waals surface area contributed by atoms with Crippen molar-refractivity contribution >= 4 is 17.3 Å². The minimum atomic E-state index is -0.198. The highest BCUT2D eigenvalue weighted by atomic mass is 35.5. The second kappa shape index (κ2) is 6.51. The molecule has 0 aromatic heterocycles. The normalized spacial score (nSPS) is 10.9. The Bertz CT molecular complexity index is 393. The molecule has 1 aromatic rings. The smallest absolute Gasteiger partial charge is 0.0683 e.